The molecule has 0 saturated carbocycles. The molecule has 1 rings (SSSR count). The second-order valence-corrected chi connectivity index (χ2v) is 10.8. The zero-order chi connectivity index (χ0) is 21.2. The van der Waals surface area contributed by atoms with Gasteiger partial charge in [0.2, 0.25) is 0 Å². The highest BCUT2D eigenvalue weighted by Crippen LogP contribution is 2.51. The van der Waals surface area contributed by atoms with Gasteiger partial charge in [-0.15, -0.1) is 0 Å². The highest BCUT2D eigenvalue weighted by atomic mass is 31.2. The number of hydrogen-bond acceptors (Lipinski definition) is 8. The Labute approximate surface area is 168 Å². The van der Waals surface area contributed by atoms with Crippen molar-refractivity contribution in [3.8, 4) is 5.75 Å². The van der Waals surface area contributed by atoms with Gasteiger partial charge in [-0.05, 0) is 37.5 Å². The van der Waals surface area contributed by atoms with Gasteiger partial charge >= 0.3 is 15.2 Å². The van der Waals surface area contributed by atoms with Gasteiger partial charge in [0.25, 0.3) is 0 Å². The topological polar surface area (TPSA) is 83.5 Å². The van der Waals surface area contributed by atoms with Crippen molar-refractivity contribution in [2.75, 3.05) is 47.6 Å². The molecule has 0 aliphatic carbocycles. The molecule has 0 spiro atoms. The maximum atomic E-state index is 12.5. The Kier molecular flexibility index (Phi) is 10.9. The Morgan fingerprint density at radius 1 is 0.893 bits per heavy atom. The first kappa shape index (κ1) is 25.3. The van der Waals surface area contributed by atoms with Crippen molar-refractivity contribution in [2.24, 2.45) is 0 Å². The van der Waals surface area contributed by atoms with Crippen molar-refractivity contribution < 1.29 is 32.0 Å². The van der Waals surface area contributed by atoms with E-state index in [-0.39, 0.29) is 18.7 Å². The van der Waals surface area contributed by atoms with Gasteiger partial charge < -0.3 is 22.8 Å². The third kappa shape index (κ3) is 8.34. The van der Waals surface area contributed by atoms with Gasteiger partial charge in [-0.2, -0.15) is 0 Å². The normalized spacial score (nSPS) is 13.7. The third-order valence-corrected chi connectivity index (χ3v) is 8.13. The summed E-state index contributed by atoms with van der Waals surface area (Å²) in [6.45, 7) is 4.57. The fraction of sp³-hybridized carbons (Fsp3) is 0.667. The molecule has 0 bridgehead atoms. The van der Waals surface area contributed by atoms with Crippen LogP contribution in [0.1, 0.15) is 25.8 Å². The van der Waals surface area contributed by atoms with E-state index in [0.717, 1.165) is 17.7 Å². The highest BCUT2D eigenvalue weighted by Gasteiger charge is 2.31. The van der Waals surface area contributed by atoms with Crippen LogP contribution in [0.15, 0.2) is 24.3 Å². The van der Waals surface area contributed by atoms with Crippen molar-refractivity contribution >= 4 is 15.2 Å². The van der Waals surface area contributed by atoms with Gasteiger partial charge in [0, 0.05) is 35.0 Å². The highest BCUT2D eigenvalue weighted by molar-refractivity contribution is 7.54. The minimum atomic E-state index is -3.32. The van der Waals surface area contributed by atoms with Gasteiger partial charge in [0.05, 0.1) is 6.10 Å². The lowest BCUT2D eigenvalue weighted by atomic mass is 10.1. The van der Waals surface area contributed by atoms with Crippen LogP contribution in [0.4, 0.5) is 0 Å². The second kappa shape index (κ2) is 12.1. The van der Waals surface area contributed by atoms with Crippen molar-refractivity contribution in [1.29, 1.82) is 0 Å². The molecular weight excluding hydrogens is 404 g/mol. The standard InChI is InChI=1S/C18H33NO7P2/c1-7-16(2)26-18-10-8-17(9-11-18)12-13-19(14-27(20,22-3)23-4)15-28(21,24-5)25-6/h8-11,16H,7,12-15H2,1-6H3. The largest absolute Gasteiger partial charge is 0.491 e. The Balaban J connectivity index is 2.82. The summed E-state index contributed by atoms with van der Waals surface area (Å²) < 4.78 is 50.9. The summed E-state index contributed by atoms with van der Waals surface area (Å²) >= 11 is 0. The molecule has 1 aromatic carbocycles. The third-order valence-electron chi connectivity index (χ3n) is 4.41. The summed E-state index contributed by atoms with van der Waals surface area (Å²) in [5, 5.41) is 0. The zero-order valence-corrected chi connectivity index (χ0v) is 19.4. The van der Waals surface area contributed by atoms with E-state index in [2.05, 4.69) is 6.92 Å². The van der Waals surface area contributed by atoms with Crippen molar-refractivity contribution in [3.63, 3.8) is 0 Å². The molecule has 0 radical (unpaired) electrons. The van der Waals surface area contributed by atoms with Gasteiger partial charge in [-0.1, -0.05) is 19.1 Å². The number of ether oxygens (including phenoxy) is 1. The smallest absolute Gasteiger partial charge is 0.344 e. The van der Waals surface area contributed by atoms with E-state index in [4.69, 9.17) is 22.8 Å². The maximum Gasteiger partial charge on any atom is 0.344 e. The summed E-state index contributed by atoms with van der Waals surface area (Å²) in [6.07, 6.45) is 1.70. The molecule has 0 saturated heterocycles. The number of nitrogens with zero attached hydrogens (tertiary/aromatic N) is 1. The van der Waals surface area contributed by atoms with Crippen molar-refractivity contribution in [2.45, 2.75) is 32.8 Å². The summed E-state index contributed by atoms with van der Waals surface area (Å²) in [6, 6.07) is 7.81. The molecule has 8 nitrogen and oxygen atoms in total. The lowest BCUT2D eigenvalue weighted by molar-refractivity contribution is 0.217. The van der Waals surface area contributed by atoms with Crippen LogP contribution in [0.2, 0.25) is 0 Å². The predicted molar refractivity (Wildman–Crippen MR) is 110 cm³/mol. The Bertz CT molecular complexity index is 624. The number of benzene rings is 1. The quantitative estimate of drug-likeness (QED) is 0.391. The molecule has 1 aromatic rings. The molecule has 0 aliphatic heterocycles. The lowest BCUT2D eigenvalue weighted by Crippen LogP contribution is -2.29. The SMILES string of the molecule is CCC(C)Oc1ccc(CCN(CP(=O)(OC)OC)CP(=O)(OC)OC)cc1. The molecule has 0 heterocycles. The molecule has 1 unspecified atom stereocenters. The maximum absolute atomic E-state index is 12.5. The minimum Gasteiger partial charge on any atom is -0.491 e. The van der Waals surface area contributed by atoms with Crippen molar-refractivity contribution in [3.05, 3.63) is 29.8 Å². The Morgan fingerprint density at radius 3 is 1.75 bits per heavy atom. The molecule has 0 amide bonds. The molecular formula is C18H33NO7P2. The molecule has 28 heavy (non-hydrogen) atoms. The van der Waals surface area contributed by atoms with Crippen molar-refractivity contribution in [1.82, 2.24) is 4.90 Å². The monoisotopic (exact) mass is 437 g/mol. The average Bonchev–Trinajstić information content (AvgIpc) is 2.72. The van der Waals surface area contributed by atoms with E-state index in [1.54, 1.807) is 4.90 Å². The van der Waals surface area contributed by atoms with Gasteiger partial charge in [0.1, 0.15) is 18.3 Å². The van der Waals surface area contributed by atoms with Gasteiger partial charge in [-0.25, -0.2) is 0 Å². The molecule has 1 atom stereocenters. The van der Waals surface area contributed by atoms with E-state index < -0.39 is 15.2 Å². The molecule has 0 N–H and O–H groups in total. The summed E-state index contributed by atoms with van der Waals surface area (Å²) in [5.74, 6) is 0.821. The van der Waals surface area contributed by atoms with Crippen LogP contribution < -0.4 is 4.74 Å². The fourth-order valence-corrected chi connectivity index (χ4v) is 4.77. The van der Waals surface area contributed by atoms with Crippen LogP contribution in [-0.2, 0) is 33.6 Å². The lowest BCUT2D eigenvalue weighted by Gasteiger charge is -2.27. The first-order chi connectivity index (χ1) is 13.2. The number of hydrogen-bond donors (Lipinski definition) is 0. The van der Waals surface area contributed by atoms with E-state index in [0.29, 0.717) is 13.0 Å². The predicted octanol–water partition coefficient (Wildman–Crippen LogP) is 4.60. The van der Waals surface area contributed by atoms with Crippen LogP contribution in [0.3, 0.4) is 0 Å². The van der Waals surface area contributed by atoms with E-state index in [1.165, 1.54) is 28.4 Å². The minimum absolute atomic E-state index is 0.0219. The average molecular weight is 437 g/mol. The number of rotatable bonds is 14. The first-order valence-corrected chi connectivity index (χ1v) is 12.6. The second-order valence-electron chi connectivity index (χ2n) is 6.36. The van der Waals surface area contributed by atoms with E-state index in [1.807, 2.05) is 31.2 Å². The summed E-state index contributed by atoms with van der Waals surface area (Å²) in [4.78, 5) is 1.71. The zero-order valence-electron chi connectivity index (χ0n) is 17.6. The Morgan fingerprint density at radius 2 is 1.36 bits per heavy atom. The van der Waals surface area contributed by atoms with Gasteiger partial charge in [-0.3, -0.25) is 14.0 Å². The van der Waals surface area contributed by atoms with E-state index in [9.17, 15) is 9.13 Å². The molecule has 0 aromatic heterocycles. The molecule has 0 fully saturated rings. The van der Waals surface area contributed by atoms with Crippen LogP contribution in [0, 0.1) is 0 Å². The van der Waals surface area contributed by atoms with Gasteiger partial charge in [0.15, 0.2) is 0 Å². The van der Waals surface area contributed by atoms with Crippen LogP contribution >= 0.6 is 15.2 Å². The van der Waals surface area contributed by atoms with Crippen LogP contribution in [0.25, 0.3) is 0 Å². The summed E-state index contributed by atoms with van der Waals surface area (Å²) in [5.41, 5.74) is 1.07. The molecule has 162 valence electrons. The first-order valence-electron chi connectivity index (χ1n) is 9.12. The Hall–Kier alpha value is -0.720. The van der Waals surface area contributed by atoms with E-state index >= 15 is 0 Å². The fourth-order valence-electron chi connectivity index (χ4n) is 2.39. The van der Waals surface area contributed by atoms with Crippen LogP contribution in [-0.4, -0.2) is 58.6 Å². The summed E-state index contributed by atoms with van der Waals surface area (Å²) in [7, 11) is -1.34. The molecule has 0 aliphatic rings. The molecule has 10 heteroatoms. The van der Waals surface area contributed by atoms with Crippen LogP contribution in [0.5, 0.6) is 5.75 Å².